The molecule has 0 bridgehead atoms. The lowest BCUT2D eigenvalue weighted by Gasteiger charge is -2.39. The Morgan fingerprint density at radius 2 is 1.33 bits per heavy atom. The van der Waals surface area contributed by atoms with Crippen molar-refractivity contribution in [2.75, 3.05) is 7.05 Å². The monoisotopic (exact) mass is 423 g/mol. The molecule has 1 amide bonds. The molecule has 0 saturated heterocycles. The van der Waals surface area contributed by atoms with Crippen molar-refractivity contribution in [1.82, 2.24) is 4.90 Å². The van der Waals surface area contributed by atoms with Crippen molar-refractivity contribution in [1.29, 1.82) is 0 Å². The lowest BCUT2D eigenvalue weighted by molar-refractivity contribution is -0.157. The van der Waals surface area contributed by atoms with Crippen LogP contribution in [0, 0.1) is 0 Å². The van der Waals surface area contributed by atoms with Crippen LogP contribution >= 0.6 is 0 Å². The van der Waals surface area contributed by atoms with Gasteiger partial charge in [0, 0.05) is 20.4 Å². The van der Waals surface area contributed by atoms with E-state index < -0.39 is 5.54 Å². The molecule has 0 spiro atoms. The molecule has 0 aromatic rings. The normalized spacial score (nSPS) is 12.9. The molecule has 176 valence electrons. The van der Waals surface area contributed by atoms with Crippen LogP contribution in [0.4, 0.5) is 0 Å². The summed E-state index contributed by atoms with van der Waals surface area (Å²) in [5.41, 5.74) is -0.509. The number of hydrogen-bond donors (Lipinski definition) is 0. The van der Waals surface area contributed by atoms with Crippen LogP contribution in [-0.2, 0) is 14.3 Å². The van der Waals surface area contributed by atoms with Crippen molar-refractivity contribution < 1.29 is 14.3 Å². The molecular formula is C26H49NO3. The van der Waals surface area contributed by atoms with Gasteiger partial charge < -0.3 is 9.64 Å². The number of carbonyl (C=O) groups excluding carboxylic acids is 2. The highest BCUT2D eigenvalue weighted by atomic mass is 16.5. The highest BCUT2D eigenvalue weighted by Crippen LogP contribution is 2.22. The number of carbonyl (C=O) groups is 2. The summed E-state index contributed by atoms with van der Waals surface area (Å²) >= 11 is 0. The quantitative estimate of drug-likeness (QED) is 0.133. The third-order valence-corrected chi connectivity index (χ3v) is 6.23. The van der Waals surface area contributed by atoms with Crippen LogP contribution < -0.4 is 0 Å². The summed E-state index contributed by atoms with van der Waals surface area (Å²) in [7, 11) is 1.81. The summed E-state index contributed by atoms with van der Waals surface area (Å²) in [6.07, 6.45) is 21.2. The van der Waals surface area contributed by atoms with Gasteiger partial charge in [0.05, 0.1) is 5.54 Å². The number of likely N-dealkylation sites (N-methyl/N-ethyl adjacent to an activating group) is 1. The Kier molecular flexibility index (Phi) is 16.6. The first-order valence-corrected chi connectivity index (χ1v) is 12.3. The van der Waals surface area contributed by atoms with E-state index in [0.29, 0.717) is 6.42 Å². The molecule has 30 heavy (non-hydrogen) atoms. The lowest BCUT2D eigenvalue weighted by atomic mass is 9.95. The van der Waals surface area contributed by atoms with E-state index in [1.54, 1.807) is 11.9 Å². The molecule has 4 nitrogen and oxygen atoms in total. The lowest BCUT2D eigenvalue weighted by Crippen LogP contribution is -2.53. The fourth-order valence-electron chi connectivity index (χ4n) is 3.50. The standard InChI is InChI=1S/C26H49NO3/c1-7-8-9-10-11-12-13-14-15-16-17-18-19-20-21-22-25(29)27(6)26(4,5)23(2)30-24(3)28/h14-15,23H,7-13,16-22H2,1-6H3. The Balaban J connectivity index is 3.73. The van der Waals surface area contributed by atoms with Gasteiger partial charge in [-0.3, -0.25) is 9.59 Å². The molecule has 0 N–H and O–H groups in total. The van der Waals surface area contributed by atoms with Crippen molar-refractivity contribution in [3.05, 3.63) is 12.2 Å². The highest BCUT2D eigenvalue weighted by molar-refractivity contribution is 5.76. The Labute approximate surface area is 186 Å². The average molecular weight is 424 g/mol. The van der Waals surface area contributed by atoms with Crippen molar-refractivity contribution in [2.24, 2.45) is 0 Å². The van der Waals surface area contributed by atoms with Gasteiger partial charge in [0.1, 0.15) is 6.10 Å². The van der Waals surface area contributed by atoms with Crippen LogP contribution in [0.5, 0.6) is 0 Å². The smallest absolute Gasteiger partial charge is 0.302 e. The number of rotatable bonds is 18. The third-order valence-electron chi connectivity index (χ3n) is 6.23. The van der Waals surface area contributed by atoms with Crippen molar-refractivity contribution in [3.8, 4) is 0 Å². The minimum absolute atomic E-state index is 0.122. The molecule has 4 heteroatoms. The number of ether oxygens (including phenoxy) is 1. The minimum atomic E-state index is -0.509. The van der Waals surface area contributed by atoms with E-state index in [1.807, 2.05) is 20.8 Å². The molecule has 0 saturated carbocycles. The van der Waals surface area contributed by atoms with Gasteiger partial charge in [-0.25, -0.2) is 0 Å². The first-order valence-electron chi connectivity index (χ1n) is 12.3. The predicted octanol–water partition coefficient (Wildman–Crippen LogP) is 7.21. The minimum Gasteiger partial charge on any atom is -0.460 e. The van der Waals surface area contributed by atoms with Gasteiger partial charge >= 0.3 is 5.97 Å². The second kappa shape index (κ2) is 17.4. The molecule has 1 unspecified atom stereocenters. The molecule has 0 radical (unpaired) electrons. The zero-order chi connectivity index (χ0) is 22.8. The maximum Gasteiger partial charge on any atom is 0.302 e. The van der Waals surface area contributed by atoms with Crippen molar-refractivity contribution >= 4 is 11.9 Å². The van der Waals surface area contributed by atoms with Gasteiger partial charge in [0.15, 0.2) is 0 Å². The second-order valence-electron chi connectivity index (χ2n) is 9.19. The van der Waals surface area contributed by atoms with E-state index in [0.717, 1.165) is 12.8 Å². The van der Waals surface area contributed by atoms with E-state index in [9.17, 15) is 9.59 Å². The molecule has 0 aromatic carbocycles. The predicted molar refractivity (Wildman–Crippen MR) is 128 cm³/mol. The summed E-state index contributed by atoms with van der Waals surface area (Å²) in [4.78, 5) is 25.4. The average Bonchev–Trinajstić information content (AvgIpc) is 2.69. The number of esters is 1. The zero-order valence-corrected chi connectivity index (χ0v) is 20.8. The van der Waals surface area contributed by atoms with Gasteiger partial charge in [-0.05, 0) is 52.9 Å². The van der Waals surface area contributed by atoms with Gasteiger partial charge in [0.2, 0.25) is 5.91 Å². The van der Waals surface area contributed by atoms with Crippen LogP contribution in [-0.4, -0.2) is 35.5 Å². The Bertz CT molecular complexity index is 485. The molecule has 0 aromatic heterocycles. The van der Waals surface area contributed by atoms with E-state index >= 15 is 0 Å². The first-order chi connectivity index (χ1) is 14.2. The van der Waals surface area contributed by atoms with E-state index in [-0.39, 0.29) is 18.0 Å². The van der Waals surface area contributed by atoms with E-state index in [2.05, 4.69) is 19.1 Å². The zero-order valence-electron chi connectivity index (χ0n) is 20.8. The van der Waals surface area contributed by atoms with Crippen LogP contribution in [0.1, 0.15) is 125 Å². The Hall–Kier alpha value is -1.32. The van der Waals surface area contributed by atoms with Crippen LogP contribution in [0.15, 0.2) is 12.2 Å². The van der Waals surface area contributed by atoms with Crippen LogP contribution in [0.3, 0.4) is 0 Å². The van der Waals surface area contributed by atoms with Gasteiger partial charge in [0.25, 0.3) is 0 Å². The Morgan fingerprint density at radius 3 is 1.83 bits per heavy atom. The van der Waals surface area contributed by atoms with Gasteiger partial charge in [-0.15, -0.1) is 0 Å². The molecule has 1 atom stereocenters. The number of allylic oxidation sites excluding steroid dienone is 2. The molecule has 0 aliphatic heterocycles. The second-order valence-corrected chi connectivity index (χ2v) is 9.19. The van der Waals surface area contributed by atoms with Gasteiger partial charge in [-0.2, -0.15) is 0 Å². The summed E-state index contributed by atoms with van der Waals surface area (Å²) in [5, 5.41) is 0. The summed E-state index contributed by atoms with van der Waals surface area (Å²) < 4.78 is 5.28. The summed E-state index contributed by atoms with van der Waals surface area (Å²) in [6, 6.07) is 0. The van der Waals surface area contributed by atoms with Crippen LogP contribution in [0.2, 0.25) is 0 Å². The molecule has 0 rings (SSSR count). The molecule has 0 aliphatic carbocycles. The topological polar surface area (TPSA) is 46.6 Å². The van der Waals surface area contributed by atoms with E-state index in [1.165, 1.54) is 77.6 Å². The first kappa shape index (κ1) is 28.7. The molecular weight excluding hydrogens is 374 g/mol. The summed E-state index contributed by atoms with van der Waals surface area (Å²) in [5.74, 6) is -0.190. The molecule has 0 aliphatic rings. The highest BCUT2D eigenvalue weighted by Gasteiger charge is 2.35. The number of nitrogens with zero attached hydrogens (tertiary/aromatic N) is 1. The summed E-state index contributed by atoms with van der Waals surface area (Å²) in [6.45, 7) is 9.39. The van der Waals surface area contributed by atoms with Crippen LogP contribution in [0.25, 0.3) is 0 Å². The fourth-order valence-corrected chi connectivity index (χ4v) is 3.50. The van der Waals surface area contributed by atoms with Crippen molar-refractivity contribution in [2.45, 2.75) is 136 Å². The molecule has 0 fully saturated rings. The number of unbranched alkanes of at least 4 members (excludes halogenated alkanes) is 11. The van der Waals surface area contributed by atoms with E-state index in [4.69, 9.17) is 4.74 Å². The number of hydrogen-bond acceptors (Lipinski definition) is 3. The SMILES string of the molecule is CCCCCCCCC=CCCCCCCCC(=O)N(C)C(C)(C)C(C)OC(C)=O. The maximum atomic E-state index is 12.5. The molecule has 0 heterocycles. The Morgan fingerprint density at radius 1 is 0.867 bits per heavy atom. The number of amides is 1. The fraction of sp³-hybridized carbons (Fsp3) is 0.846. The van der Waals surface area contributed by atoms with Gasteiger partial charge in [-0.1, -0.05) is 70.4 Å². The van der Waals surface area contributed by atoms with Crippen molar-refractivity contribution in [3.63, 3.8) is 0 Å². The largest absolute Gasteiger partial charge is 0.460 e. The maximum absolute atomic E-state index is 12.5. The third kappa shape index (κ3) is 13.8.